The van der Waals surface area contributed by atoms with Crippen molar-refractivity contribution in [2.75, 3.05) is 0 Å². The molecule has 0 atom stereocenters. The SMILES string of the molecule is NC1(c2[nH]nc3ccncc23)CC1. The third kappa shape index (κ3) is 0.890. The van der Waals surface area contributed by atoms with E-state index in [1.165, 1.54) is 0 Å². The van der Waals surface area contributed by atoms with Gasteiger partial charge in [0.05, 0.1) is 16.7 Å². The van der Waals surface area contributed by atoms with Crippen LogP contribution in [0.5, 0.6) is 0 Å². The lowest BCUT2D eigenvalue weighted by Gasteiger charge is -2.04. The molecule has 1 saturated carbocycles. The van der Waals surface area contributed by atoms with E-state index in [9.17, 15) is 0 Å². The summed E-state index contributed by atoms with van der Waals surface area (Å²) in [7, 11) is 0. The number of fused-ring (bicyclic) bond motifs is 1. The predicted octanol–water partition coefficient (Wildman–Crippen LogP) is 0.906. The standard InChI is InChI=1S/C9H10N4/c10-9(2-3-9)8-6-5-11-4-1-7(6)12-13-8/h1,4-5H,2-3,10H2,(H,12,13). The molecule has 1 aliphatic rings. The van der Waals surface area contributed by atoms with Crippen molar-refractivity contribution < 1.29 is 0 Å². The molecular formula is C9H10N4. The summed E-state index contributed by atoms with van der Waals surface area (Å²) in [6.45, 7) is 0. The molecule has 0 bridgehead atoms. The first-order valence-corrected chi connectivity index (χ1v) is 4.37. The van der Waals surface area contributed by atoms with E-state index in [4.69, 9.17) is 5.73 Å². The molecule has 0 radical (unpaired) electrons. The van der Waals surface area contributed by atoms with Gasteiger partial charge in [0, 0.05) is 17.8 Å². The second-order valence-electron chi connectivity index (χ2n) is 3.65. The van der Waals surface area contributed by atoms with Crippen molar-refractivity contribution in [3.63, 3.8) is 0 Å². The molecule has 4 nitrogen and oxygen atoms in total. The van der Waals surface area contributed by atoms with Crippen LogP contribution in [-0.2, 0) is 5.54 Å². The number of aromatic amines is 1. The summed E-state index contributed by atoms with van der Waals surface area (Å²) in [4.78, 5) is 4.07. The first-order valence-electron chi connectivity index (χ1n) is 4.37. The van der Waals surface area contributed by atoms with Gasteiger partial charge < -0.3 is 5.73 Å². The number of nitrogens with one attached hydrogen (secondary N) is 1. The molecular weight excluding hydrogens is 164 g/mol. The van der Waals surface area contributed by atoms with E-state index in [0.29, 0.717) is 0 Å². The van der Waals surface area contributed by atoms with Crippen LogP contribution in [-0.4, -0.2) is 15.2 Å². The van der Waals surface area contributed by atoms with Crippen molar-refractivity contribution in [2.45, 2.75) is 18.4 Å². The van der Waals surface area contributed by atoms with Gasteiger partial charge in [-0.2, -0.15) is 5.10 Å². The lowest BCUT2D eigenvalue weighted by Crippen LogP contribution is -2.19. The van der Waals surface area contributed by atoms with Crippen LogP contribution in [0.4, 0.5) is 0 Å². The summed E-state index contributed by atoms with van der Waals surface area (Å²) in [5.41, 5.74) is 7.91. The Morgan fingerprint density at radius 2 is 2.31 bits per heavy atom. The molecule has 2 heterocycles. The molecule has 0 amide bonds. The molecule has 2 aromatic heterocycles. The van der Waals surface area contributed by atoms with Gasteiger partial charge in [-0.15, -0.1) is 0 Å². The molecule has 0 spiro atoms. The number of hydrogen-bond acceptors (Lipinski definition) is 3. The highest BCUT2D eigenvalue weighted by atomic mass is 15.1. The van der Waals surface area contributed by atoms with Gasteiger partial charge >= 0.3 is 0 Å². The third-order valence-corrected chi connectivity index (χ3v) is 2.64. The average Bonchev–Trinajstić information content (AvgIpc) is 2.76. The van der Waals surface area contributed by atoms with Crippen molar-refractivity contribution in [3.05, 3.63) is 24.2 Å². The van der Waals surface area contributed by atoms with Crippen molar-refractivity contribution >= 4 is 10.9 Å². The second-order valence-corrected chi connectivity index (χ2v) is 3.65. The molecule has 0 aliphatic heterocycles. The number of rotatable bonds is 1. The molecule has 0 unspecified atom stereocenters. The fourth-order valence-corrected chi connectivity index (χ4v) is 1.62. The largest absolute Gasteiger partial charge is 0.320 e. The number of nitrogens with two attached hydrogens (primary N) is 1. The van der Waals surface area contributed by atoms with Gasteiger partial charge in [-0.05, 0) is 18.9 Å². The zero-order valence-corrected chi connectivity index (χ0v) is 7.12. The summed E-state index contributed by atoms with van der Waals surface area (Å²) in [5, 5.41) is 8.24. The number of nitrogens with zero attached hydrogens (tertiary/aromatic N) is 2. The predicted molar refractivity (Wildman–Crippen MR) is 49.0 cm³/mol. The normalized spacial score (nSPS) is 19.2. The highest BCUT2D eigenvalue weighted by Crippen LogP contribution is 2.43. The lowest BCUT2D eigenvalue weighted by molar-refractivity contribution is 0.708. The van der Waals surface area contributed by atoms with Gasteiger partial charge in [-0.3, -0.25) is 10.1 Å². The third-order valence-electron chi connectivity index (χ3n) is 2.64. The second kappa shape index (κ2) is 2.09. The molecule has 0 saturated heterocycles. The van der Waals surface area contributed by atoms with Crippen LogP contribution >= 0.6 is 0 Å². The van der Waals surface area contributed by atoms with Gasteiger partial charge in [0.25, 0.3) is 0 Å². The molecule has 1 aliphatic carbocycles. The fourth-order valence-electron chi connectivity index (χ4n) is 1.62. The van der Waals surface area contributed by atoms with E-state index in [2.05, 4.69) is 15.2 Å². The summed E-state index contributed by atoms with van der Waals surface area (Å²) in [5.74, 6) is 0. The van der Waals surface area contributed by atoms with Crippen LogP contribution in [0.15, 0.2) is 18.5 Å². The minimum absolute atomic E-state index is 0.155. The van der Waals surface area contributed by atoms with Crippen molar-refractivity contribution in [3.8, 4) is 0 Å². The molecule has 13 heavy (non-hydrogen) atoms. The maximum atomic E-state index is 6.08. The Labute approximate surface area is 75.2 Å². The Kier molecular flexibility index (Phi) is 1.13. The number of H-pyrrole nitrogens is 1. The van der Waals surface area contributed by atoms with E-state index in [1.807, 2.05) is 12.3 Å². The highest BCUT2D eigenvalue weighted by Gasteiger charge is 2.42. The van der Waals surface area contributed by atoms with Crippen LogP contribution in [0.1, 0.15) is 18.5 Å². The molecule has 1 fully saturated rings. The zero-order valence-electron chi connectivity index (χ0n) is 7.12. The quantitative estimate of drug-likeness (QED) is 0.675. The molecule has 3 rings (SSSR count). The Morgan fingerprint density at radius 1 is 1.46 bits per heavy atom. The average molecular weight is 174 g/mol. The Hall–Kier alpha value is -1.42. The van der Waals surface area contributed by atoms with Gasteiger partial charge in [-0.25, -0.2) is 0 Å². The minimum Gasteiger partial charge on any atom is -0.320 e. The van der Waals surface area contributed by atoms with Gasteiger partial charge in [0.1, 0.15) is 0 Å². The molecule has 0 aromatic carbocycles. The first kappa shape index (κ1) is 7.03. The van der Waals surface area contributed by atoms with Crippen molar-refractivity contribution in [2.24, 2.45) is 5.73 Å². The van der Waals surface area contributed by atoms with E-state index >= 15 is 0 Å². The monoisotopic (exact) mass is 174 g/mol. The maximum Gasteiger partial charge on any atom is 0.0955 e. The number of pyridine rings is 1. The van der Waals surface area contributed by atoms with Gasteiger partial charge in [-0.1, -0.05) is 0 Å². The molecule has 4 heteroatoms. The maximum absolute atomic E-state index is 6.08. The topological polar surface area (TPSA) is 67.6 Å². The smallest absolute Gasteiger partial charge is 0.0955 e. The summed E-state index contributed by atoms with van der Waals surface area (Å²) >= 11 is 0. The van der Waals surface area contributed by atoms with E-state index < -0.39 is 0 Å². The van der Waals surface area contributed by atoms with Crippen LogP contribution in [0.3, 0.4) is 0 Å². The first-order chi connectivity index (χ1) is 6.30. The minimum atomic E-state index is -0.155. The lowest BCUT2D eigenvalue weighted by atomic mass is 10.1. The fraction of sp³-hybridized carbons (Fsp3) is 0.333. The molecule has 3 N–H and O–H groups in total. The highest BCUT2D eigenvalue weighted by molar-refractivity contribution is 5.81. The molecule has 66 valence electrons. The van der Waals surface area contributed by atoms with E-state index in [-0.39, 0.29) is 5.54 Å². The van der Waals surface area contributed by atoms with Crippen LogP contribution < -0.4 is 5.73 Å². The Morgan fingerprint density at radius 3 is 3.08 bits per heavy atom. The van der Waals surface area contributed by atoms with Crippen molar-refractivity contribution in [1.82, 2.24) is 15.2 Å². The Balaban J connectivity index is 2.30. The van der Waals surface area contributed by atoms with E-state index in [1.54, 1.807) is 6.20 Å². The summed E-state index contributed by atoms with van der Waals surface area (Å²) < 4.78 is 0. The van der Waals surface area contributed by atoms with Crippen LogP contribution in [0.25, 0.3) is 10.9 Å². The van der Waals surface area contributed by atoms with E-state index in [0.717, 1.165) is 29.4 Å². The Bertz CT molecular complexity index is 455. The molecule has 2 aromatic rings. The van der Waals surface area contributed by atoms with Gasteiger partial charge in [0.2, 0.25) is 0 Å². The zero-order chi connectivity index (χ0) is 8.89. The number of hydrogen-bond donors (Lipinski definition) is 2. The summed E-state index contributed by atoms with van der Waals surface area (Å²) in [6.07, 6.45) is 5.64. The van der Waals surface area contributed by atoms with Crippen LogP contribution in [0, 0.1) is 0 Å². The van der Waals surface area contributed by atoms with Gasteiger partial charge in [0.15, 0.2) is 0 Å². The number of aromatic nitrogens is 3. The van der Waals surface area contributed by atoms with Crippen molar-refractivity contribution in [1.29, 1.82) is 0 Å². The van der Waals surface area contributed by atoms with Crippen LogP contribution in [0.2, 0.25) is 0 Å². The summed E-state index contributed by atoms with van der Waals surface area (Å²) in [6, 6.07) is 1.89.